The Hall–Kier alpha value is -0.580. The second kappa shape index (κ2) is 4.35. The lowest BCUT2D eigenvalue weighted by Crippen LogP contribution is -2.39. The lowest BCUT2D eigenvalue weighted by molar-refractivity contribution is 0.0501. The Morgan fingerprint density at radius 2 is 2.25 bits per heavy atom. The van der Waals surface area contributed by atoms with Crippen LogP contribution in [0.5, 0.6) is 0 Å². The van der Waals surface area contributed by atoms with E-state index >= 15 is 0 Å². The molecule has 2 heterocycles. The van der Waals surface area contributed by atoms with Gasteiger partial charge in [-0.2, -0.15) is 0 Å². The van der Waals surface area contributed by atoms with Crippen LogP contribution in [0.4, 0.5) is 0 Å². The summed E-state index contributed by atoms with van der Waals surface area (Å²) in [5.41, 5.74) is 4.00. The van der Waals surface area contributed by atoms with Crippen molar-refractivity contribution in [1.29, 1.82) is 0 Å². The topological polar surface area (TPSA) is 30.5 Å². The highest BCUT2D eigenvalue weighted by Gasteiger charge is 2.30. The van der Waals surface area contributed by atoms with Crippen molar-refractivity contribution >= 4 is 15.9 Å². The summed E-state index contributed by atoms with van der Waals surface area (Å²) in [6.45, 7) is 2.69. The summed E-state index contributed by atoms with van der Waals surface area (Å²) < 4.78 is 12.1. The van der Waals surface area contributed by atoms with Crippen molar-refractivity contribution in [2.75, 3.05) is 19.7 Å². The summed E-state index contributed by atoms with van der Waals surface area (Å²) >= 11 is 3.56. The molecule has 16 heavy (non-hydrogen) atoms. The van der Waals surface area contributed by atoms with Gasteiger partial charge >= 0.3 is 0 Å². The molecular weight excluding hydrogens is 270 g/mol. The molecule has 0 unspecified atom stereocenters. The molecule has 3 rings (SSSR count). The monoisotopic (exact) mass is 283 g/mol. The Labute approximate surface area is 103 Å². The Bertz CT molecular complexity index is 392. The van der Waals surface area contributed by atoms with Crippen molar-refractivity contribution in [1.82, 2.24) is 5.32 Å². The van der Waals surface area contributed by atoms with Gasteiger partial charge in [0, 0.05) is 13.1 Å². The average Bonchev–Trinajstić information content (AvgIpc) is 2.75. The molecular formula is C12H14BrNO2. The molecule has 1 fully saturated rings. The maximum Gasteiger partial charge on any atom is 0.105 e. The number of fused-ring (bicyclic) bond motifs is 1. The molecule has 3 nitrogen and oxygen atoms in total. The van der Waals surface area contributed by atoms with Crippen LogP contribution >= 0.6 is 15.9 Å². The molecule has 4 heteroatoms. The maximum absolute atomic E-state index is 5.82. The van der Waals surface area contributed by atoms with Crippen molar-refractivity contribution < 1.29 is 9.47 Å². The van der Waals surface area contributed by atoms with E-state index in [0.29, 0.717) is 0 Å². The second-order valence-electron chi connectivity index (χ2n) is 4.21. The number of rotatable bonds is 1. The highest BCUT2D eigenvalue weighted by atomic mass is 79.9. The van der Waals surface area contributed by atoms with Crippen molar-refractivity contribution in [3.05, 3.63) is 33.7 Å². The molecule has 0 aromatic heterocycles. The van der Waals surface area contributed by atoms with Gasteiger partial charge in [-0.05, 0) is 45.5 Å². The molecule has 0 aromatic carbocycles. The van der Waals surface area contributed by atoms with Crippen LogP contribution in [0.1, 0.15) is 12.8 Å². The van der Waals surface area contributed by atoms with Gasteiger partial charge in [0.1, 0.15) is 6.26 Å². The minimum Gasteiger partial charge on any atom is -0.471 e. The molecule has 2 aliphatic heterocycles. The lowest BCUT2D eigenvalue weighted by atomic mass is 10.0. The smallest absolute Gasteiger partial charge is 0.105 e. The van der Waals surface area contributed by atoms with Gasteiger partial charge in [0.15, 0.2) is 0 Å². The first-order valence-corrected chi connectivity index (χ1v) is 6.42. The first-order chi connectivity index (χ1) is 7.86. The van der Waals surface area contributed by atoms with Gasteiger partial charge < -0.3 is 14.8 Å². The van der Waals surface area contributed by atoms with Crippen LogP contribution in [-0.2, 0) is 9.47 Å². The largest absolute Gasteiger partial charge is 0.471 e. The van der Waals surface area contributed by atoms with Crippen molar-refractivity contribution in [2.45, 2.75) is 18.9 Å². The molecule has 1 N–H and O–H groups in total. The number of halogens is 1. The molecule has 0 aromatic rings. The molecule has 0 spiro atoms. The fourth-order valence-electron chi connectivity index (χ4n) is 2.50. The first kappa shape index (κ1) is 10.6. The van der Waals surface area contributed by atoms with E-state index in [1.54, 1.807) is 6.26 Å². The van der Waals surface area contributed by atoms with Crippen LogP contribution in [0.15, 0.2) is 33.7 Å². The van der Waals surface area contributed by atoms with E-state index in [-0.39, 0.29) is 6.10 Å². The molecule has 1 atom stereocenters. The van der Waals surface area contributed by atoms with Crippen LogP contribution in [-0.4, -0.2) is 25.8 Å². The zero-order valence-corrected chi connectivity index (χ0v) is 10.5. The Kier molecular flexibility index (Phi) is 2.88. The minimum absolute atomic E-state index is 0.230. The number of ether oxygens (including phenoxy) is 2. The molecule has 0 radical (unpaired) electrons. The van der Waals surface area contributed by atoms with Gasteiger partial charge in [0.2, 0.25) is 0 Å². The minimum atomic E-state index is 0.230. The Morgan fingerprint density at radius 1 is 1.31 bits per heavy atom. The standard InChI is InChI=1S/C12H14BrNO2/c13-10-7-15-6-8-1-2-9(12(8)10)11-5-14-3-4-16-11/h6-7,11,14H,1-5H2/t11-/m0/s1. The third kappa shape index (κ3) is 1.75. The van der Waals surface area contributed by atoms with Gasteiger partial charge in [0.05, 0.1) is 23.5 Å². The Balaban J connectivity index is 1.93. The van der Waals surface area contributed by atoms with Crippen molar-refractivity contribution in [3.63, 3.8) is 0 Å². The van der Waals surface area contributed by atoms with E-state index in [2.05, 4.69) is 21.2 Å². The SMILES string of the molecule is BrC1=COC=C2CCC([C@@H]3CNCCO3)=C12. The summed E-state index contributed by atoms with van der Waals surface area (Å²) in [6, 6.07) is 0. The van der Waals surface area contributed by atoms with E-state index in [9.17, 15) is 0 Å². The molecule has 1 saturated heterocycles. The van der Waals surface area contributed by atoms with Crippen LogP contribution in [0.2, 0.25) is 0 Å². The van der Waals surface area contributed by atoms with Crippen molar-refractivity contribution in [3.8, 4) is 0 Å². The highest BCUT2D eigenvalue weighted by molar-refractivity contribution is 9.12. The van der Waals surface area contributed by atoms with Gasteiger partial charge in [-0.25, -0.2) is 0 Å². The summed E-state index contributed by atoms with van der Waals surface area (Å²) in [5.74, 6) is 0. The summed E-state index contributed by atoms with van der Waals surface area (Å²) in [6.07, 6.45) is 5.98. The average molecular weight is 284 g/mol. The van der Waals surface area contributed by atoms with E-state index in [1.165, 1.54) is 16.7 Å². The molecule has 1 aliphatic carbocycles. The predicted octanol–water partition coefficient (Wildman–Crippen LogP) is 2.22. The first-order valence-electron chi connectivity index (χ1n) is 5.62. The zero-order chi connectivity index (χ0) is 11.0. The lowest BCUT2D eigenvalue weighted by Gasteiger charge is -2.26. The van der Waals surface area contributed by atoms with Crippen LogP contribution in [0, 0.1) is 0 Å². The highest BCUT2D eigenvalue weighted by Crippen LogP contribution is 2.42. The fourth-order valence-corrected chi connectivity index (χ4v) is 3.11. The van der Waals surface area contributed by atoms with E-state index in [0.717, 1.165) is 37.0 Å². The third-order valence-electron chi connectivity index (χ3n) is 3.24. The van der Waals surface area contributed by atoms with Crippen LogP contribution < -0.4 is 5.32 Å². The summed E-state index contributed by atoms with van der Waals surface area (Å²) in [5, 5.41) is 3.38. The third-order valence-corrected chi connectivity index (χ3v) is 3.83. The van der Waals surface area contributed by atoms with E-state index in [4.69, 9.17) is 9.47 Å². The van der Waals surface area contributed by atoms with Crippen LogP contribution in [0.25, 0.3) is 0 Å². The Morgan fingerprint density at radius 3 is 3.06 bits per heavy atom. The zero-order valence-electron chi connectivity index (χ0n) is 8.96. The fraction of sp³-hybridized carbons (Fsp3) is 0.500. The van der Waals surface area contributed by atoms with Gasteiger partial charge in [-0.3, -0.25) is 0 Å². The van der Waals surface area contributed by atoms with Gasteiger partial charge in [0.25, 0.3) is 0 Å². The second-order valence-corrected chi connectivity index (χ2v) is 5.06. The maximum atomic E-state index is 5.82. The molecule has 0 saturated carbocycles. The number of hydrogen-bond donors (Lipinski definition) is 1. The molecule has 0 amide bonds. The molecule has 86 valence electrons. The van der Waals surface area contributed by atoms with Gasteiger partial charge in [-0.15, -0.1) is 0 Å². The molecule has 0 bridgehead atoms. The number of morpholine rings is 1. The number of hydrogen-bond acceptors (Lipinski definition) is 3. The van der Waals surface area contributed by atoms with E-state index < -0.39 is 0 Å². The summed E-state index contributed by atoms with van der Waals surface area (Å²) in [4.78, 5) is 0. The van der Waals surface area contributed by atoms with Crippen molar-refractivity contribution in [2.24, 2.45) is 0 Å². The number of nitrogens with one attached hydrogen (secondary N) is 1. The van der Waals surface area contributed by atoms with E-state index in [1.807, 2.05) is 6.26 Å². The quantitative estimate of drug-likeness (QED) is 0.801. The van der Waals surface area contributed by atoms with Gasteiger partial charge in [-0.1, -0.05) is 0 Å². The molecule has 3 aliphatic rings. The predicted molar refractivity (Wildman–Crippen MR) is 65.0 cm³/mol. The normalized spacial score (nSPS) is 29.4. The number of allylic oxidation sites excluding steroid dienone is 3. The summed E-state index contributed by atoms with van der Waals surface area (Å²) in [7, 11) is 0. The van der Waals surface area contributed by atoms with Crippen LogP contribution in [0.3, 0.4) is 0 Å².